The number of ether oxygens (including phenoxy) is 1. The van der Waals surface area contributed by atoms with E-state index in [9.17, 15) is 29.0 Å². The smallest absolute Gasteiger partial charge is 0.338 e. The van der Waals surface area contributed by atoms with E-state index in [4.69, 9.17) is 4.74 Å². The molecule has 0 aromatic heterocycles. The van der Waals surface area contributed by atoms with Crippen molar-refractivity contribution < 1.29 is 33.7 Å². The lowest BCUT2D eigenvalue weighted by atomic mass is 9.99. The lowest BCUT2D eigenvalue weighted by Gasteiger charge is -2.26. The van der Waals surface area contributed by atoms with E-state index in [2.05, 4.69) is 10.6 Å². The lowest BCUT2D eigenvalue weighted by molar-refractivity contribution is 0.0192. The quantitative estimate of drug-likeness (QED) is 0.234. The van der Waals surface area contributed by atoms with Crippen LogP contribution in [0.1, 0.15) is 49.5 Å². The maximum Gasteiger partial charge on any atom is 0.338 e. The molecule has 3 aromatic carbocycles. The van der Waals surface area contributed by atoms with Crippen LogP contribution in [0.25, 0.3) is 0 Å². The Morgan fingerprint density at radius 3 is 2.17 bits per heavy atom. The molecule has 0 saturated carbocycles. The molecule has 41 heavy (non-hydrogen) atoms. The SMILES string of the molecule is CN(C)c1ccc(O)c(C(=O)c2ccc(C(=O)O[C@@H]3CCCNC[C@H]3NC(=O)c3ccc(O)cc3)cc2)c1F.Cl.Cl. The predicted molar refractivity (Wildman–Crippen MR) is 157 cm³/mol. The van der Waals surface area contributed by atoms with Crippen LogP contribution in [0.5, 0.6) is 11.5 Å². The molecule has 0 bridgehead atoms. The van der Waals surface area contributed by atoms with Gasteiger partial charge in [0.15, 0.2) is 11.6 Å². The van der Waals surface area contributed by atoms with E-state index in [1.165, 1.54) is 65.6 Å². The third-order valence-electron chi connectivity index (χ3n) is 6.55. The number of carbonyl (C=O) groups excluding carboxylic acids is 3. The summed E-state index contributed by atoms with van der Waals surface area (Å²) in [6.45, 7) is 1.10. The summed E-state index contributed by atoms with van der Waals surface area (Å²) in [6, 6.07) is 13.5. The fourth-order valence-corrected chi connectivity index (χ4v) is 4.39. The molecule has 220 valence electrons. The van der Waals surface area contributed by atoms with Gasteiger partial charge in [0.25, 0.3) is 5.91 Å². The number of benzene rings is 3. The molecule has 9 nitrogen and oxygen atoms in total. The van der Waals surface area contributed by atoms with Crippen LogP contribution in [0, 0.1) is 5.82 Å². The molecule has 1 fully saturated rings. The van der Waals surface area contributed by atoms with Crippen LogP contribution in [-0.2, 0) is 4.74 Å². The van der Waals surface area contributed by atoms with E-state index < -0.39 is 41.0 Å². The van der Waals surface area contributed by atoms with Crippen molar-refractivity contribution in [2.45, 2.75) is 25.0 Å². The van der Waals surface area contributed by atoms with Gasteiger partial charge in [-0.05, 0) is 67.9 Å². The third kappa shape index (κ3) is 7.87. The van der Waals surface area contributed by atoms with Crippen LogP contribution < -0.4 is 15.5 Å². The first kappa shape index (κ1) is 33.3. The fourth-order valence-electron chi connectivity index (χ4n) is 4.39. The van der Waals surface area contributed by atoms with Crippen LogP contribution in [0.2, 0.25) is 0 Å². The molecule has 4 rings (SSSR count). The summed E-state index contributed by atoms with van der Waals surface area (Å²) in [5.41, 5.74) is 0.338. The van der Waals surface area contributed by atoms with Gasteiger partial charge in [0, 0.05) is 31.8 Å². The highest BCUT2D eigenvalue weighted by atomic mass is 35.5. The van der Waals surface area contributed by atoms with Crippen LogP contribution in [0.3, 0.4) is 0 Å². The van der Waals surface area contributed by atoms with Crippen LogP contribution in [-0.4, -0.2) is 67.2 Å². The van der Waals surface area contributed by atoms with E-state index >= 15 is 0 Å². The van der Waals surface area contributed by atoms with E-state index in [1.54, 1.807) is 14.1 Å². The molecule has 0 spiro atoms. The zero-order valence-corrected chi connectivity index (χ0v) is 24.1. The Kier molecular flexibility index (Phi) is 11.9. The molecular formula is C29H32Cl2FN3O6. The van der Waals surface area contributed by atoms with Gasteiger partial charge in [-0.15, -0.1) is 24.8 Å². The van der Waals surface area contributed by atoms with Gasteiger partial charge in [-0.3, -0.25) is 9.59 Å². The minimum absolute atomic E-state index is 0. The number of ketones is 1. The third-order valence-corrected chi connectivity index (χ3v) is 6.55. The summed E-state index contributed by atoms with van der Waals surface area (Å²) >= 11 is 0. The molecule has 12 heteroatoms. The minimum Gasteiger partial charge on any atom is -0.508 e. The summed E-state index contributed by atoms with van der Waals surface area (Å²) in [6.07, 6.45) is 0.656. The largest absolute Gasteiger partial charge is 0.508 e. The second kappa shape index (κ2) is 14.7. The van der Waals surface area contributed by atoms with E-state index in [1.807, 2.05) is 0 Å². The number of carbonyl (C=O) groups is 3. The van der Waals surface area contributed by atoms with Gasteiger partial charge in [0.1, 0.15) is 23.2 Å². The van der Waals surface area contributed by atoms with Crippen molar-refractivity contribution in [3.8, 4) is 11.5 Å². The number of phenolic OH excluding ortho intramolecular Hbond substituents is 2. The Morgan fingerprint density at radius 1 is 0.927 bits per heavy atom. The van der Waals surface area contributed by atoms with Gasteiger partial charge < -0.3 is 30.5 Å². The first-order valence-electron chi connectivity index (χ1n) is 12.5. The summed E-state index contributed by atoms with van der Waals surface area (Å²) in [5.74, 6) is -2.98. The van der Waals surface area contributed by atoms with Crippen molar-refractivity contribution in [2.75, 3.05) is 32.1 Å². The van der Waals surface area contributed by atoms with E-state index in [0.29, 0.717) is 25.1 Å². The summed E-state index contributed by atoms with van der Waals surface area (Å²) < 4.78 is 20.7. The molecule has 1 amide bonds. The van der Waals surface area contributed by atoms with Crippen LogP contribution >= 0.6 is 24.8 Å². The maximum absolute atomic E-state index is 14.9. The van der Waals surface area contributed by atoms with Gasteiger partial charge in [-0.25, -0.2) is 9.18 Å². The molecule has 3 aromatic rings. The van der Waals surface area contributed by atoms with Gasteiger partial charge in [0.2, 0.25) is 0 Å². The lowest BCUT2D eigenvalue weighted by Crippen LogP contribution is -2.49. The standard InChI is InChI=1S/C29H30FN3O6.2ClH/c1-33(2)22-13-14-23(35)25(26(22)30)27(36)17-5-7-19(8-6-17)29(38)39-24-4-3-15-31-16-21(24)32-28(37)18-9-11-20(34)12-10-18;;/h5-14,21,24,31,34-35H,3-4,15-16H2,1-2H3,(H,32,37);2*1H/t21-,24-;;/m1../s1. The molecule has 1 aliphatic rings. The highest BCUT2D eigenvalue weighted by Crippen LogP contribution is 2.30. The Labute approximate surface area is 249 Å². The molecule has 4 N–H and O–H groups in total. The van der Waals surface area contributed by atoms with Crippen LogP contribution in [0.4, 0.5) is 10.1 Å². The number of hydrogen-bond donors (Lipinski definition) is 4. The minimum atomic E-state index is -0.837. The number of phenols is 2. The molecule has 0 unspecified atom stereocenters. The van der Waals surface area contributed by atoms with Crippen molar-refractivity contribution in [2.24, 2.45) is 0 Å². The van der Waals surface area contributed by atoms with Crippen LogP contribution in [0.15, 0.2) is 60.7 Å². The molecule has 2 atom stereocenters. The van der Waals surface area contributed by atoms with Gasteiger partial charge in [0.05, 0.1) is 17.3 Å². The predicted octanol–water partition coefficient (Wildman–Crippen LogP) is 4.08. The normalized spacial score (nSPS) is 16.3. The second-order valence-corrected chi connectivity index (χ2v) is 9.51. The second-order valence-electron chi connectivity index (χ2n) is 9.51. The molecule has 1 saturated heterocycles. The Morgan fingerprint density at radius 2 is 1.54 bits per heavy atom. The molecule has 0 radical (unpaired) electrons. The Balaban J connectivity index is 0.00000294. The number of aromatic hydroxyl groups is 2. The first-order valence-corrected chi connectivity index (χ1v) is 12.5. The maximum atomic E-state index is 14.9. The number of hydrogen-bond acceptors (Lipinski definition) is 8. The number of nitrogens with one attached hydrogen (secondary N) is 2. The van der Waals surface area contributed by atoms with E-state index in [0.717, 1.165) is 6.42 Å². The number of amides is 1. The zero-order chi connectivity index (χ0) is 28.1. The fraction of sp³-hybridized carbons (Fsp3) is 0.276. The monoisotopic (exact) mass is 607 g/mol. The molecule has 1 heterocycles. The highest BCUT2D eigenvalue weighted by molar-refractivity contribution is 6.11. The van der Waals surface area contributed by atoms with Crippen molar-refractivity contribution >= 4 is 48.2 Å². The summed E-state index contributed by atoms with van der Waals surface area (Å²) in [4.78, 5) is 40.2. The van der Waals surface area contributed by atoms with Gasteiger partial charge in [-0.2, -0.15) is 0 Å². The Hall–Kier alpha value is -3.86. The number of rotatable bonds is 7. The molecular weight excluding hydrogens is 576 g/mol. The number of esters is 1. The first-order chi connectivity index (χ1) is 18.7. The number of nitrogens with zero attached hydrogens (tertiary/aromatic N) is 1. The number of anilines is 1. The van der Waals surface area contributed by atoms with Crippen molar-refractivity contribution in [1.29, 1.82) is 0 Å². The topological polar surface area (TPSA) is 128 Å². The zero-order valence-electron chi connectivity index (χ0n) is 22.4. The van der Waals surface area contributed by atoms with E-state index in [-0.39, 0.29) is 53.3 Å². The Bertz CT molecular complexity index is 1370. The van der Waals surface area contributed by atoms with Gasteiger partial charge >= 0.3 is 5.97 Å². The molecule has 0 aliphatic carbocycles. The molecule has 1 aliphatic heterocycles. The van der Waals surface area contributed by atoms with Crippen molar-refractivity contribution in [3.05, 3.63) is 88.7 Å². The van der Waals surface area contributed by atoms with Gasteiger partial charge in [-0.1, -0.05) is 12.1 Å². The summed E-state index contributed by atoms with van der Waals surface area (Å²) in [5, 5.41) is 25.7. The summed E-state index contributed by atoms with van der Waals surface area (Å²) in [7, 11) is 3.25. The average molecular weight is 608 g/mol. The number of halogens is 3. The van der Waals surface area contributed by atoms with Crippen molar-refractivity contribution in [1.82, 2.24) is 10.6 Å². The van der Waals surface area contributed by atoms with Crippen molar-refractivity contribution in [3.63, 3.8) is 0 Å². The average Bonchev–Trinajstić information content (AvgIpc) is 3.13. The highest BCUT2D eigenvalue weighted by Gasteiger charge is 2.29.